The van der Waals surface area contributed by atoms with Crippen molar-refractivity contribution >= 4 is 22.3 Å². The fourth-order valence-corrected chi connectivity index (χ4v) is 5.54. The topological polar surface area (TPSA) is 80.0 Å². The molecule has 1 fully saturated rings. The van der Waals surface area contributed by atoms with Gasteiger partial charge in [-0.3, -0.25) is 9.69 Å². The molecule has 1 aromatic carbocycles. The number of aromatic hydroxyl groups is 1. The number of carbonyl (C=O) groups excluding carboxylic acids is 1. The molecule has 0 aliphatic carbocycles. The third-order valence-corrected chi connectivity index (χ3v) is 7.24. The van der Waals surface area contributed by atoms with Gasteiger partial charge in [0.15, 0.2) is 5.82 Å². The fourth-order valence-electron chi connectivity index (χ4n) is 4.40. The van der Waals surface area contributed by atoms with Crippen molar-refractivity contribution in [2.45, 2.75) is 58.9 Å². The molecule has 32 heavy (non-hydrogen) atoms. The van der Waals surface area contributed by atoms with Crippen LogP contribution in [0.15, 0.2) is 24.3 Å². The Bertz CT molecular complexity index is 1070. The van der Waals surface area contributed by atoms with Crippen LogP contribution in [0, 0.1) is 5.92 Å². The number of piperidine rings is 1. The van der Waals surface area contributed by atoms with Crippen LogP contribution < -0.4 is 0 Å². The molecule has 8 heteroatoms. The van der Waals surface area contributed by atoms with E-state index in [1.165, 1.54) is 16.9 Å². The standard InChI is InChI=1S/C24H32N4O3S/c1-5-19-25-24-28(26-19)22(29)21(32-24)20(17-11-9-16(10-12-17)15(3)4)27-13-7-8-18(14-27)23(30)31-6-2/h9-12,15,18,20,29H,5-8,13-14H2,1-4H3/t18-,20-/m0/s1. The second-order valence-corrected chi connectivity index (χ2v) is 9.69. The van der Waals surface area contributed by atoms with Crippen molar-refractivity contribution in [1.29, 1.82) is 0 Å². The highest BCUT2D eigenvalue weighted by atomic mass is 32.1. The molecule has 1 N–H and O–H groups in total. The summed E-state index contributed by atoms with van der Waals surface area (Å²) in [7, 11) is 0. The van der Waals surface area contributed by atoms with E-state index in [0.717, 1.165) is 42.1 Å². The highest BCUT2D eigenvalue weighted by molar-refractivity contribution is 7.17. The molecule has 0 bridgehead atoms. The van der Waals surface area contributed by atoms with Crippen LogP contribution in [0.4, 0.5) is 0 Å². The molecule has 0 unspecified atom stereocenters. The minimum Gasteiger partial charge on any atom is -0.492 e. The molecule has 7 nitrogen and oxygen atoms in total. The van der Waals surface area contributed by atoms with Gasteiger partial charge in [-0.1, -0.05) is 56.4 Å². The second kappa shape index (κ2) is 9.58. The molecule has 3 heterocycles. The van der Waals surface area contributed by atoms with Gasteiger partial charge in [0.05, 0.1) is 23.4 Å². The van der Waals surface area contributed by atoms with E-state index in [9.17, 15) is 9.90 Å². The molecule has 1 aliphatic rings. The summed E-state index contributed by atoms with van der Waals surface area (Å²) >= 11 is 1.47. The number of hydrogen-bond acceptors (Lipinski definition) is 7. The van der Waals surface area contributed by atoms with Gasteiger partial charge in [-0.15, -0.1) is 5.10 Å². The quantitative estimate of drug-likeness (QED) is 0.526. The highest BCUT2D eigenvalue weighted by Crippen LogP contribution is 2.41. The van der Waals surface area contributed by atoms with Crippen LogP contribution in [0.1, 0.15) is 74.3 Å². The SMILES string of the molecule is CCOC(=O)[C@H]1CCCN([C@@H](c2ccc(C(C)C)cc2)c2sc3nc(CC)nn3c2O)C1. The van der Waals surface area contributed by atoms with E-state index in [-0.39, 0.29) is 23.8 Å². The predicted molar refractivity (Wildman–Crippen MR) is 125 cm³/mol. The summed E-state index contributed by atoms with van der Waals surface area (Å²) in [6.45, 7) is 10.0. The molecule has 0 spiro atoms. The summed E-state index contributed by atoms with van der Waals surface area (Å²) in [5, 5.41) is 15.6. The van der Waals surface area contributed by atoms with Gasteiger partial charge in [-0.2, -0.15) is 4.52 Å². The summed E-state index contributed by atoms with van der Waals surface area (Å²) in [4.78, 5) is 20.8. The summed E-state index contributed by atoms with van der Waals surface area (Å²) in [5.41, 5.74) is 2.37. The lowest BCUT2D eigenvalue weighted by Gasteiger charge is -2.37. The van der Waals surface area contributed by atoms with Crippen molar-refractivity contribution in [3.63, 3.8) is 0 Å². The Morgan fingerprint density at radius 3 is 2.59 bits per heavy atom. The maximum atomic E-state index is 12.5. The average molecular weight is 457 g/mol. The third-order valence-electron chi connectivity index (χ3n) is 6.16. The maximum Gasteiger partial charge on any atom is 0.310 e. The van der Waals surface area contributed by atoms with Gasteiger partial charge < -0.3 is 9.84 Å². The number of rotatable bonds is 7. The number of aryl methyl sites for hydroxylation is 1. The lowest BCUT2D eigenvalue weighted by atomic mass is 9.93. The number of thiazole rings is 1. The summed E-state index contributed by atoms with van der Waals surface area (Å²) in [6.07, 6.45) is 2.46. The normalized spacial score (nSPS) is 18.3. The van der Waals surface area contributed by atoms with Gasteiger partial charge >= 0.3 is 5.97 Å². The molecule has 172 valence electrons. The number of carbonyl (C=O) groups is 1. The average Bonchev–Trinajstić information content (AvgIpc) is 3.34. The van der Waals surface area contributed by atoms with E-state index in [2.05, 4.69) is 53.1 Å². The predicted octanol–water partition coefficient (Wildman–Crippen LogP) is 4.55. The van der Waals surface area contributed by atoms with Crippen LogP contribution in [-0.4, -0.2) is 50.3 Å². The van der Waals surface area contributed by atoms with E-state index < -0.39 is 0 Å². The highest BCUT2D eigenvalue weighted by Gasteiger charge is 2.35. The molecule has 2 aromatic heterocycles. The summed E-state index contributed by atoms with van der Waals surface area (Å²) < 4.78 is 6.85. The number of aromatic nitrogens is 3. The Morgan fingerprint density at radius 2 is 1.97 bits per heavy atom. The minimum absolute atomic E-state index is 0.133. The van der Waals surface area contributed by atoms with Crippen LogP contribution in [-0.2, 0) is 16.0 Å². The Morgan fingerprint density at radius 1 is 1.25 bits per heavy atom. The van der Waals surface area contributed by atoms with E-state index >= 15 is 0 Å². The molecule has 0 radical (unpaired) electrons. The molecular formula is C24H32N4O3S. The Labute approximate surface area is 193 Å². The molecule has 2 atom stereocenters. The fraction of sp³-hybridized carbons (Fsp3) is 0.542. The van der Waals surface area contributed by atoms with Gasteiger partial charge in [-0.05, 0) is 43.4 Å². The molecule has 1 aliphatic heterocycles. The van der Waals surface area contributed by atoms with Crippen molar-refractivity contribution < 1.29 is 14.6 Å². The largest absolute Gasteiger partial charge is 0.492 e. The second-order valence-electron chi connectivity index (χ2n) is 8.68. The first-order valence-electron chi connectivity index (χ1n) is 11.5. The first kappa shape index (κ1) is 22.7. The summed E-state index contributed by atoms with van der Waals surface area (Å²) in [6, 6.07) is 8.42. The van der Waals surface area contributed by atoms with E-state index in [0.29, 0.717) is 24.0 Å². The summed E-state index contributed by atoms with van der Waals surface area (Å²) in [5.74, 6) is 1.01. The van der Waals surface area contributed by atoms with Crippen LogP contribution in [0.25, 0.3) is 4.96 Å². The van der Waals surface area contributed by atoms with Crippen molar-refractivity contribution in [2.75, 3.05) is 19.7 Å². The smallest absolute Gasteiger partial charge is 0.310 e. The Kier molecular flexibility index (Phi) is 6.81. The molecule has 4 rings (SSSR count). The zero-order valence-electron chi connectivity index (χ0n) is 19.2. The first-order valence-corrected chi connectivity index (χ1v) is 12.3. The number of esters is 1. The molecular weight excluding hydrogens is 424 g/mol. The monoisotopic (exact) mass is 456 g/mol. The van der Waals surface area contributed by atoms with Gasteiger partial charge in [0.1, 0.15) is 0 Å². The molecule has 0 saturated carbocycles. The maximum absolute atomic E-state index is 12.5. The zero-order valence-corrected chi connectivity index (χ0v) is 20.1. The van der Waals surface area contributed by atoms with Gasteiger partial charge in [0.2, 0.25) is 10.8 Å². The van der Waals surface area contributed by atoms with E-state index in [4.69, 9.17) is 4.74 Å². The zero-order chi connectivity index (χ0) is 22.8. The van der Waals surface area contributed by atoms with Crippen molar-refractivity contribution in [3.8, 4) is 5.88 Å². The van der Waals surface area contributed by atoms with Gasteiger partial charge in [-0.25, -0.2) is 4.98 Å². The number of fused-ring (bicyclic) bond motifs is 1. The first-order chi connectivity index (χ1) is 15.4. The number of nitrogens with zero attached hydrogens (tertiary/aromatic N) is 4. The number of benzene rings is 1. The van der Waals surface area contributed by atoms with Crippen molar-refractivity contribution in [2.24, 2.45) is 5.92 Å². The van der Waals surface area contributed by atoms with E-state index in [1.807, 2.05) is 13.8 Å². The van der Waals surface area contributed by atoms with Crippen molar-refractivity contribution in [1.82, 2.24) is 19.5 Å². The molecule has 1 saturated heterocycles. The number of hydrogen-bond donors (Lipinski definition) is 1. The Balaban J connectivity index is 1.74. The van der Waals surface area contributed by atoms with Crippen LogP contribution in [0.2, 0.25) is 0 Å². The third kappa shape index (κ3) is 4.38. The lowest BCUT2D eigenvalue weighted by molar-refractivity contribution is -0.150. The van der Waals surface area contributed by atoms with Crippen LogP contribution in [0.5, 0.6) is 5.88 Å². The van der Waals surface area contributed by atoms with Gasteiger partial charge in [0.25, 0.3) is 0 Å². The molecule has 0 amide bonds. The lowest BCUT2D eigenvalue weighted by Crippen LogP contribution is -2.41. The molecule has 3 aromatic rings. The van der Waals surface area contributed by atoms with Crippen LogP contribution >= 0.6 is 11.3 Å². The Hall–Kier alpha value is -2.45. The van der Waals surface area contributed by atoms with Gasteiger partial charge in [0, 0.05) is 13.0 Å². The number of likely N-dealkylation sites (tertiary alicyclic amines) is 1. The van der Waals surface area contributed by atoms with E-state index in [1.54, 1.807) is 4.52 Å². The minimum atomic E-state index is -0.174. The van der Waals surface area contributed by atoms with Crippen molar-refractivity contribution in [3.05, 3.63) is 46.1 Å². The van der Waals surface area contributed by atoms with Crippen LogP contribution in [0.3, 0.4) is 0 Å². The number of ether oxygens (including phenoxy) is 1.